The van der Waals surface area contributed by atoms with Crippen molar-refractivity contribution in [2.75, 3.05) is 47.5 Å². The van der Waals surface area contributed by atoms with Crippen LogP contribution in [0, 0.1) is 0 Å². The van der Waals surface area contributed by atoms with Gasteiger partial charge in [-0.3, -0.25) is 9.09 Å². The molecule has 0 aromatic carbocycles. The van der Waals surface area contributed by atoms with Crippen molar-refractivity contribution in [1.29, 1.82) is 0 Å². The minimum atomic E-state index is -3.96. The third-order valence-corrected chi connectivity index (χ3v) is 3.31. The van der Waals surface area contributed by atoms with Crippen LogP contribution in [0.5, 0.6) is 0 Å². The Balaban J connectivity index is 4.40. The minimum Gasteiger partial charge on any atom is -0.460 e. The van der Waals surface area contributed by atoms with E-state index in [1.807, 2.05) is 21.1 Å². The Morgan fingerprint density at radius 1 is 1.32 bits per heavy atom. The fraction of sp³-hybridized carbons (Fsp3) is 0.727. The number of likely N-dealkylation sites (N-methyl/N-ethyl adjacent to an activating group) is 1. The highest BCUT2D eigenvalue weighted by Crippen LogP contribution is 2.44. The van der Waals surface area contributed by atoms with Crippen molar-refractivity contribution in [2.45, 2.75) is 6.92 Å². The maximum absolute atomic E-state index is 11.7. The third kappa shape index (κ3) is 9.81. The van der Waals surface area contributed by atoms with Crippen molar-refractivity contribution in [2.24, 2.45) is 0 Å². The standard InChI is InChI=1S/C11H22NO6P/c1-10(11(14)17-8-6-13)9-19(15,16)18-7-5-12(2,3)4/h9,13H,5-8H2,1-4H3/p+1. The van der Waals surface area contributed by atoms with Crippen LogP contribution < -0.4 is 0 Å². The minimum absolute atomic E-state index is 0.0236. The van der Waals surface area contributed by atoms with E-state index in [4.69, 9.17) is 9.63 Å². The molecule has 1 unspecified atom stereocenters. The van der Waals surface area contributed by atoms with Crippen LogP contribution in [0.25, 0.3) is 0 Å². The van der Waals surface area contributed by atoms with Gasteiger partial charge >= 0.3 is 13.6 Å². The summed E-state index contributed by atoms with van der Waals surface area (Å²) < 4.78 is 21.8. The van der Waals surface area contributed by atoms with E-state index in [0.29, 0.717) is 11.0 Å². The molecule has 0 bridgehead atoms. The van der Waals surface area contributed by atoms with Crippen LogP contribution in [0.3, 0.4) is 0 Å². The Hall–Kier alpha value is -0.720. The first-order chi connectivity index (χ1) is 8.57. The van der Waals surface area contributed by atoms with Crippen molar-refractivity contribution in [1.82, 2.24) is 0 Å². The Bertz CT molecular complexity index is 374. The van der Waals surface area contributed by atoms with Crippen LogP contribution >= 0.6 is 7.60 Å². The summed E-state index contributed by atoms with van der Waals surface area (Å²) >= 11 is 0. The molecule has 0 aromatic heterocycles. The normalized spacial score (nSPS) is 16.0. The quantitative estimate of drug-likeness (QED) is 0.290. The van der Waals surface area contributed by atoms with Gasteiger partial charge in [0, 0.05) is 11.4 Å². The van der Waals surface area contributed by atoms with Crippen LogP contribution in [-0.2, 0) is 18.6 Å². The molecular formula is C11H23NO6P+. The van der Waals surface area contributed by atoms with Crippen LogP contribution in [0.15, 0.2) is 11.4 Å². The molecule has 0 rings (SSSR count). The maximum atomic E-state index is 11.7. The lowest BCUT2D eigenvalue weighted by molar-refractivity contribution is -0.870. The number of aliphatic hydroxyl groups excluding tert-OH is 1. The van der Waals surface area contributed by atoms with Crippen molar-refractivity contribution in [3.8, 4) is 0 Å². The van der Waals surface area contributed by atoms with E-state index in [-0.39, 0.29) is 25.4 Å². The van der Waals surface area contributed by atoms with Crippen LogP contribution in [0.2, 0.25) is 0 Å². The fourth-order valence-electron chi connectivity index (χ4n) is 1.03. The van der Waals surface area contributed by atoms with Gasteiger partial charge in [0.05, 0.1) is 27.7 Å². The second-order valence-corrected chi connectivity index (χ2v) is 6.73. The van der Waals surface area contributed by atoms with Crippen molar-refractivity contribution < 1.29 is 33.1 Å². The molecule has 0 saturated carbocycles. The van der Waals surface area contributed by atoms with Gasteiger partial charge in [-0.15, -0.1) is 0 Å². The third-order valence-electron chi connectivity index (χ3n) is 2.04. The molecule has 0 spiro atoms. The number of ether oxygens (including phenoxy) is 1. The Labute approximate surface area is 113 Å². The van der Waals surface area contributed by atoms with Gasteiger partial charge in [-0.2, -0.15) is 0 Å². The Morgan fingerprint density at radius 3 is 2.37 bits per heavy atom. The lowest BCUT2D eigenvalue weighted by Gasteiger charge is -2.23. The zero-order valence-electron chi connectivity index (χ0n) is 11.8. The molecule has 0 aliphatic carbocycles. The van der Waals surface area contributed by atoms with Gasteiger partial charge in [-0.05, 0) is 6.92 Å². The molecule has 8 heteroatoms. The number of esters is 1. The number of nitrogens with zero attached hydrogens (tertiary/aromatic N) is 1. The first-order valence-corrected chi connectivity index (χ1v) is 7.47. The first-order valence-electron chi connectivity index (χ1n) is 5.82. The van der Waals surface area contributed by atoms with Crippen LogP contribution in [0.1, 0.15) is 6.92 Å². The number of quaternary nitrogens is 1. The lowest BCUT2D eigenvalue weighted by atomic mass is 10.4. The van der Waals surface area contributed by atoms with Crippen molar-refractivity contribution >= 4 is 13.6 Å². The predicted octanol–water partition coefficient (Wildman–Crippen LogP) is 0.334. The Kier molecular flexibility index (Phi) is 7.47. The largest absolute Gasteiger partial charge is 0.460 e. The number of rotatable bonds is 8. The first kappa shape index (κ1) is 18.3. The second kappa shape index (κ2) is 7.77. The van der Waals surface area contributed by atoms with Gasteiger partial charge in [-0.1, -0.05) is 0 Å². The topological polar surface area (TPSA) is 93.1 Å². The molecule has 2 N–H and O–H groups in total. The van der Waals surface area contributed by atoms with E-state index in [9.17, 15) is 14.3 Å². The second-order valence-electron chi connectivity index (χ2n) is 5.08. The molecule has 0 amide bonds. The summed E-state index contributed by atoms with van der Waals surface area (Å²) in [7, 11) is 1.83. The summed E-state index contributed by atoms with van der Waals surface area (Å²) in [5.41, 5.74) is -0.0236. The van der Waals surface area contributed by atoms with Gasteiger partial charge in [0.2, 0.25) is 0 Å². The van der Waals surface area contributed by atoms with Gasteiger partial charge in [0.1, 0.15) is 19.8 Å². The molecule has 1 atom stereocenters. The maximum Gasteiger partial charge on any atom is 0.352 e. The van der Waals surface area contributed by atoms with Gasteiger partial charge in [0.25, 0.3) is 0 Å². The Morgan fingerprint density at radius 2 is 1.89 bits per heavy atom. The molecule has 7 nitrogen and oxygen atoms in total. The average molecular weight is 296 g/mol. The highest BCUT2D eigenvalue weighted by atomic mass is 31.2. The molecule has 0 fully saturated rings. The van der Waals surface area contributed by atoms with Gasteiger partial charge < -0.3 is 19.2 Å². The van der Waals surface area contributed by atoms with E-state index in [1.54, 1.807) is 0 Å². The zero-order valence-corrected chi connectivity index (χ0v) is 12.7. The van der Waals surface area contributed by atoms with E-state index in [0.717, 1.165) is 5.82 Å². The SMILES string of the molecule is CC(=CP(=O)(O)OCC[N+](C)(C)C)C(=O)OCCO. The average Bonchev–Trinajstić information content (AvgIpc) is 2.22. The lowest BCUT2D eigenvalue weighted by Crippen LogP contribution is -2.37. The molecule has 0 aromatic rings. The molecule has 0 heterocycles. The highest BCUT2D eigenvalue weighted by molar-refractivity contribution is 7.56. The molecule has 0 radical (unpaired) electrons. The summed E-state index contributed by atoms with van der Waals surface area (Å²) in [5.74, 6) is 0.112. The molecule has 112 valence electrons. The molecule has 19 heavy (non-hydrogen) atoms. The van der Waals surface area contributed by atoms with E-state index in [2.05, 4.69) is 4.74 Å². The summed E-state index contributed by atoms with van der Waals surface area (Å²) in [5, 5.41) is 8.49. The number of carbonyl (C=O) groups is 1. The number of aliphatic hydroxyl groups is 1. The molecular weight excluding hydrogens is 273 g/mol. The van der Waals surface area contributed by atoms with Crippen LogP contribution in [0.4, 0.5) is 0 Å². The van der Waals surface area contributed by atoms with Crippen molar-refractivity contribution in [3.63, 3.8) is 0 Å². The van der Waals surface area contributed by atoms with Crippen molar-refractivity contribution in [3.05, 3.63) is 11.4 Å². The number of hydrogen-bond acceptors (Lipinski definition) is 5. The van der Waals surface area contributed by atoms with Crippen LogP contribution in [-0.4, -0.2) is 68.0 Å². The number of carbonyl (C=O) groups excluding carboxylic acids is 1. The van der Waals surface area contributed by atoms with Gasteiger partial charge in [0.15, 0.2) is 0 Å². The summed E-state index contributed by atoms with van der Waals surface area (Å²) in [6, 6.07) is 0. The summed E-state index contributed by atoms with van der Waals surface area (Å²) in [6.07, 6.45) is 0. The summed E-state index contributed by atoms with van der Waals surface area (Å²) in [6.45, 7) is 1.57. The van der Waals surface area contributed by atoms with Gasteiger partial charge in [-0.25, -0.2) is 4.79 Å². The molecule has 0 aliphatic rings. The molecule has 0 saturated heterocycles. The van der Waals surface area contributed by atoms with E-state index >= 15 is 0 Å². The zero-order chi connectivity index (χ0) is 15.1. The molecule has 0 aliphatic heterocycles. The highest BCUT2D eigenvalue weighted by Gasteiger charge is 2.20. The monoisotopic (exact) mass is 296 g/mol. The summed E-state index contributed by atoms with van der Waals surface area (Å²) in [4.78, 5) is 20.9. The smallest absolute Gasteiger partial charge is 0.352 e. The fourth-order valence-corrected chi connectivity index (χ4v) is 2.04. The number of hydrogen-bond donors (Lipinski definition) is 2. The van der Waals surface area contributed by atoms with E-state index < -0.39 is 13.6 Å². The predicted molar refractivity (Wildman–Crippen MR) is 70.5 cm³/mol. The van der Waals surface area contributed by atoms with E-state index in [1.165, 1.54) is 6.92 Å².